The minimum absolute atomic E-state index is 0.0349. The summed E-state index contributed by atoms with van der Waals surface area (Å²) in [5.74, 6) is 1.98. The van der Waals surface area contributed by atoms with Crippen molar-refractivity contribution < 1.29 is 4.79 Å². The number of carbonyl (C=O) groups excluding carboxylic acids is 1. The summed E-state index contributed by atoms with van der Waals surface area (Å²) >= 11 is 0. The molecule has 6 heterocycles. The zero-order valence-corrected chi connectivity index (χ0v) is 20.8. The number of hydrogen-bond acceptors (Lipinski definition) is 8. The molecule has 0 bridgehead atoms. The molecule has 2 aliphatic heterocycles. The van der Waals surface area contributed by atoms with E-state index in [9.17, 15) is 4.79 Å². The first-order valence-electron chi connectivity index (χ1n) is 12.1. The third-order valence-corrected chi connectivity index (χ3v) is 7.44. The van der Waals surface area contributed by atoms with Crippen molar-refractivity contribution in [2.75, 3.05) is 22.9 Å². The van der Waals surface area contributed by atoms with Crippen LogP contribution in [0.4, 0.5) is 23.1 Å². The molecule has 0 fully saturated rings. The highest BCUT2D eigenvalue weighted by Crippen LogP contribution is 2.44. The maximum Gasteiger partial charge on any atom is 0.241 e. The van der Waals surface area contributed by atoms with Gasteiger partial charge in [-0.3, -0.25) is 14.5 Å². The fourth-order valence-electron chi connectivity index (χ4n) is 5.03. The molecule has 4 aromatic heterocycles. The highest BCUT2D eigenvalue weighted by atomic mass is 16.2. The number of hydrogen-bond donors (Lipinski definition) is 4. The summed E-state index contributed by atoms with van der Waals surface area (Å²) in [7, 11) is 0. The molecule has 10 heteroatoms. The second-order valence-electron chi connectivity index (χ2n) is 10.2. The Bertz CT molecular complexity index is 1540. The van der Waals surface area contributed by atoms with Gasteiger partial charge in [0.1, 0.15) is 18.2 Å². The molecule has 36 heavy (non-hydrogen) atoms. The molecule has 0 aromatic carbocycles. The molecule has 0 radical (unpaired) electrons. The number of nitrogens with two attached hydrogens (primary N) is 1. The van der Waals surface area contributed by atoms with Gasteiger partial charge in [0.25, 0.3) is 0 Å². The summed E-state index contributed by atoms with van der Waals surface area (Å²) in [4.78, 5) is 25.8. The lowest BCUT2D eigenvalue weighted by molar-refractivity contribution is -0.121. The van der Waals surface area contributed by atoms with Gasteiger partial charge in [0, 0.05) is 59.5 Å². The molecule has 0 aliphatic carbocycles. The number of carbonyl (C=O) groups is 1. The third-order valence-electron chi connectivity index (χ3n) is 7.44. The van der Waals surface area contributed by atoms with Crippen LogP contribution in [0.3, 0.4) is 0 Å². The molecular formula is C26H29N9O. The number of nitrogens with zero attached hydrogens (tertiary/aromatic N) is 5. The second kappa shape index (κ2) is 7.91. The Morgan fingerprint density at radius 2 is 2.00 bits per heavy atom. The van der Waals surface area contributed by atoms with Gasteiger partial charge in [-0.2, -0.15) is 5.10 Å². The van der Waals surface area contributed by atoms with E-state index in [1.165, 1.54) is 0 Å². The smallest absolute Gasteiger partial charge is 0.241 e. The summed E-state index contributed by atoms with van der Waals surface area (Å²) in [5.41, 5.74) is 12.3. The number of anilines is 4. The van der Waals surface area contributed by atoms with E-state index in [0.29, 0.717) is 29.9 Å². The largest absolute Gasteiger partial charge is 0.383 e. The molecule has 4 aromatic rings. The van der Waals surface area contributed by atoms with Gasteiger partial charge in [-0.1, -0.05) is 6.92 Å². The van der Waals surface area contributed by atoms with Crippen LogP contribution in [0, 0.1) is 6.92 Å². The van der Waals surface area contributed by atoms with Gasteiger partial charge in [-0.05, 0) is 43.9 Å². The van der Waals surface area contributed by atoms with E-state index in [-0.39, 0.29) is 18.0 Å². The lowest BCUT2D eigenvalue weighted by atomic mass is 9.90. The molecule has 5 N–H and O–H groups in total. The molecule has 1 atom stereocenters. The standard InChI is InChI=1S/C26H29N9O/c1-13-17(10-30-24-14(2)26(3,4)33-23(13)24)19-7-15-8-20(29-11-18(15)25(27)31-19)32-21-9-16-5-6-28-22(36)12-35(16)34-21/h7-11,14,33H,5-6,12H2,1-4H3,(H2,27,31)(H,28,36)(H,29,32,34)/t14-/m1/s1. The Labute approximate surface area is 208 Å². The first-order chi connectivity index (χ1) is 17.2. The summed E-state index contributed by atoms with van der Waals surface area (Å²) in [6, 6.07) is 5.91. The second-order valence-corrected chi connectivity index (χ2v) is 10.2. The van der Waals surface area contributed by atoms with Crippen molar-refractivity contribution >= 4 is 39.8 Å². The summed E-state index contributed by atoms with van der Waals surface area (Å²) in [5, 5.41) is 16.0. The lowest BCUT2D eigenvalue weighted by Crippen LogP contribution is -2.30. The quantitative estimate of drug-likeness (QED) is 0.348. The maximum absolute atomic E-state index is 11.8. The minimum Gasteiger partial charge on any atom is -0.383 e. The molecule has 184 valence electrons. The van der Waals surface area contributed by atoms with Crippen molar-refractivity contribution in [1.29, 1.82) is 0 Å². The van der Waals surface area contributed by atoms with Crippen LogP contribution < -0.4 is 21.7 Å². The Balaban J connectivity index is 1.35. The maximum atomic E-state index is 11.8. The van der Waals surface area contributed by atoms with E-state index < -0.39 is 0 Å². The van der Waals surface area contributed by atoms with Crippen LogP contribution in [0.5, 0.6) is 0 Å². The van der Waals surface area contributed by atoms with Crippen molar-refractivity contribution in [3.63, 3.8) is 0 Å². The summed E-state index contributed by atoms with van der Waals surface area (Å²) in [6.45, 7) is 9.51. The van der Waals surface area contributed by atoms with Gasteiger partial charge >= 0.3 is 0 Å². The number of amides is 1. The van der Waals surface area contributed by atoms with Gasteiger partial charge in [0.05, 0.1) is 17.1 Å². The van der Waals surface area contributed by atoms with E-state index in [1.807, 2.05) is 24.4 Å². The number of nitrogens with one attached hydrogen (secondary N) is 3. The van der Waals surface area contributed by atoms with Gasteiger partial charge in [-0.15, -0.1) is 0 Å². The molecule has 10 nitrogen and oxygen atoms in total. The van der Waals surface area contributed by atoms with E-state index in [2.05, 4.69) is 58.7 Å². The van der Waals surface area contributed by atoms with Crippen LogP contribution in [0.1, 0.15) is 43.6 Å². The molecule has 1 amide bonds. The van der Waals surface area contributed by atoms with Gasteiger partial charge in [-0.25, -0.2) is 9.97 Å². The number of nitrogen functional groups attached to an aromatic ring is 1. The van der Waals surface area contributed by atoms with Crippen LogP contribution in [0.2, 0.25) is 0 Å². The molecule has 0 unspecified atom stereocenters. The van der Waals surface area contributed by atoms with Crippen LogP contribution in [-0.2, 0) is 17.8 Å². The monoisotopic (exact) mass is 483 g/mol. The van der Waals surface area contributed by atoms with Crippen LogP contribution in [-0.4, -0.2) is 42.7 Å². The van der Waals surface area contributed by atoms with Crippen molar-refractivity contribution in [3.05, 3.63) is 47.5 Å². The Morgan fingerprint density at radius 3 is 2.83 bits per heavy atom. The van der Waals surface area contributed by atoms with Crippen LogP contribution >= 0.6 is 0 Å². The first-order valence-corrected chi connectivity index (χ1v) is 12.1. The van der Waals surface area contributed by atoms with Crippen molar-refractivity contribution in [1.82, 2.24) is 30.0 Å². The number of aromatic nitrogens is 5. The van der Waals surface area contributed by atoms with E-state index in [4.69, 9.17) is 10.7 Å². The van der Waals surface area contributed by atoms with Crippen molar-refractivity contribution in [3.8, 4) is 11.3 Å². The summed E-state index contributed by atoms with van der Waals surface area (Å²) in [6.07, 6.45) is 4.35. The molecular weight excluding hydrogens is 454 g/mol. The first kappa shape index (κ1) is 22.3. The van der Waals surface area contributed by atoms with Crippen LogP contribution in [0.15, 0.2) is 30.6 Å². The van der Waals surface area contributed by atoms with E-state index in [0.717, 1.165) is 51.1 Å². The fourth-order valence-corrected chi connectivity index (χ4v) is 5.03. The van der Waals surface area contributed by atoms with Crippen molar-refractivity contribution in [2.45, 2.75) is 52.1 Å². The Morgan fingerprint density at radius 1 is 1.17 bits per heavy atom. The van der Waals surface area contributed by atoms with Crippen LogP contribution in [0.25, 0.3) is 22.0 Å². The Hall–Kier alpha value is -4.21. The molecule has 2 aliphatic rings. The molecule has 0 spiro atoms. The van der Waals surface area contributed by atoms with Gasteiger partial charge in [0.2, 0.25) is 5.91 Å². The predicted octanol–water partition coefficient (Wildman–Crippen LogP) is 3.50. The fraction of sp³-hybridized carbons (Fsp3) is 0.346. The molecule has 6 rings (SSSR count). The Kier molecular flexibility index (Phi) is 4.89. The predicted molar refractivity (Wildman–Crippen MR) is 140 cm³/mol. The van der Waals surface area contributed by atoms with Crippen molar-refractivity contribution in [2.24, 2.45) is 0 Å². The van der Waals surface area contributed by atoms with Gasteiger partial charge < -0.3 is 21.7 Å². The zero-order valence-electron chi connectivity index (χ0n) is 20.8. The SMILES string of the molecule is Cc1c(-c2cc3cc(Nc4cc5n(n4)CC(=O)NCC5)ncc3c(N)n2)cnc2c1NC(C)(C)[C@@H]2C. The summed E-state index contributed by atoms with van der Waals surface area (Å²) < 4.78 is 1.73. The van der Waals surface area contributed by atoms with E-state index in [1.54, 1.807) is 10.9 Å². The highest BCUT2D eigenvalue weighted by molar-refractivity contribution is 5.95. The lowest BCUT2D eigenvalue weighted by Gasteiger charge is -2.24. The van der Waals surface area contributed by atoms with Gasteiger partial charge in [0.15, 0.2) is 5.82 Å². The number of fused-ring (bicyclic) bond motifs is 3. The molecule has 0 saturated carbocycles. The third kappa shape index (κ3) is 3.60. The minimum atomic E-state index is -0.0595. The average molecular weight is 484 g/mol. The topological polar surface area (TPSA) is 136 Å². The average Bonchev–Trinajstić information content (AvgIpc) is 3.24. The number of rotatable bonds is 3. The number of pyridine rings is 3. The normalized spacial score (nSPS) is 18.2. The molecule has 0 saturated heterocycles. The van der Waals surface area contributed by atoms with E-state index >= 15 is 0 Å². The zero-order chi connectivity index (χ0) is 25.2. The highest BCUT2D eigenvalue weighted by Gasteiger charge is 2.38.